The molecule has 1 aromatic carbocycles. The Balaban J connectivity index is 2.19. The molecule has 0 fully saturated rings. The van der Waals surface area contributed by atoms with Gasteiger partial charge in [0.05, 0.1) is 0 Å². The van der Waals surface area contributed by atoms with E-state index in [4.69, 9.17) is 5.84 Å². The number of nitrogens with two attached hydrogens (primary N) is 1. The van der Waals surface area contributed by atoms with Crippen molar-refractivity contribution < 1.29 is 13.2 Å². The monoisotopic (exact) mass is 283 g/mol. The van der Waals surface area contributed by atoms with Crippen molar-refractivity contribution in [2.24, 2.45) is 5.84 Å². The van der Waals surface area contributed by atoms with Crippen LogP contribution in [0.15, 0.2) is 36.4 Å². The highest BCUT2D eigenvalue weighted by Crippen LogP contribution is 2.28. The Morgan fingerprint density at radius 1 is 1.05 bits per heavy atom. The van der Waals surface area contributed by atoms with Crippen LogP contribution in [0.2, 0.25) is 0 Å². The Bertz CT molecular complexity index is 571. The molecule has 1 heterocycles. The van der Waals surface area contributed by atoms with Crippen molar-refractivity contribution in [2.75, 3.05) is 10.7 Å². The van der Waals surface area contributed by atoms with Crippen LogP contribution in [0.1, 0.15) is 11.4 Å². The summed E-state index contributed by atoms with van der Waals surface area (Å²) in [6.07, 6.45) is -4.63. The van der Waals surface area contributed by atoms with Gasteiger partial charge in [-0.3, -0.25) is 0 Å². The Hall–Kier alpha value is -2.35. The molecule has 0 aliphatic rings. The molecule has 2 rings (SSSR count). The number of nitrogens with zero attached hydrogens (tertiary/aromatic N) is 2. The molecule has 8 heteroatoms. The number of hydrogen-bond acceptors (Lipinski definition) is 5. The fourth-order valence-electron chi connectivity index (χ4n) is 1.53. The number of halogens is 3. The van der Waals surface area contributed by atoms with Crippen molar-refractivity contribution in [3.63, 3.8) is 0 Å². The minimum atomic E-state index is -4.63. The van der Waals surface area contributed by atoms with E-state index in [-0.39, 0.29) is 11.6 Å². The number of hydrazine groups is 1. The van der Waals surface area contributed by atoms with E-state index in [2.05, 4.69) is 20.7 Å². The Morgan fingerprint density at radius 3 is 2.30 bits per heavy atom. The van der Waals surface area contributed by atoms with Gasteiger partial charge in [-0.15, -0.1) is 0 Å². The van der Waals surface area contributed by atoms with Gasteiger partial charge in [0, 0.05) is 12.6 Å². The quantitative estimate of drug-likeness (QED) is 0.593. The summed E-state index contributed by atoms with van der Waals surface area (Å²) in [5.41, 5.74) is 3.01. The predicted molar refractivity (Wildman–Crippen MR) is 68.6 cm³/mol. The maximum Gasteiger partial charge on any atom is 0.451 e. The summed E-state index contributed by atoms with van der Waals surface area (Å²) in [7, 11) is 0. The van der Waals surface area contributed by atoms with Crippen molar-refractivity contribution in [1.29, 1.82) is 0 Å². The lowest BCUT2D eigenvalue weighted by atomic mass is 10.2. The van der Waals surface area contributed by atoms with E-state index in [1.165, 1.54) is 6.07 Å². The van der Waals surface area contributed by atoms with Gasteiger partial charge in [-0.2, -0.15) is 13.2 Å². The summed E-state index contributed by atoms with van der Waals surface area (Å²) in [6, 6.07) is 10.5. The van der Waals surface area contributed by atoms with Crippen LogP contribution >= 0.6 is 0 Å². The van der Waals surface area contributed by atoms with E-state index >= 15 is 0 Å². The van der Waals surface area contributed by atoms with Gasteiger partial charge in [-0.25, -0.2) is 15.8 Å². The molecule has 4 N–H and O–H groups in total. The number of benzene rings is 1. The number of nitrogen functional groups attached to an aromatic ring is 1. The second kappa shape index (κ2) is 5.74. The summed E-state index contributed by atoms with van der Waals surface area (Å²) >= 11 is 0. The predicted octanol–water partition coefficient (Wildman–Crippen LogP) is 2.39. The van der Waals surface area contributed by atoms with Crippen LogP contribution in [0, 0.1) is 0 Å². The van der Waals surface area contributed by atoms with E-state index in [0.717, 1.165) is 5.56 Å². The minimum Gasteiger partial charge on any atom is -0.366 e. The standard InChI is InChI=1S/C12H12F3N5/c13-12(14,15)11-18-9(6-10(19-11)20-16)17-7-8-4-2-1-3-5-8/h1-6H,7,16H2,(H2,17,18,19,20). The molecule has 5 nitrogen and oxygen atoms in total. The summed E-state index contributed by atoms with van der Waals surface area (Å²) in [6.45, 7) is 0.346. The van der Waals surface area contributed by atoms with Crippen molar-refractivity contribution in [1.82, 2.24) is 9.97 Å². The van der Waals surface area contributed by atoms with Gasteiger partial charge in [0.1, 0.15) is 11.6 Å². The van der Waals surface area contributed by atoms with Crippen LogP contribution in [0.4, 0.5) is 24.8 Å². The first kappa shape index (κ1) is 14.1. The second-order valence-corrected chi connectivity index (χ2v) is 3.94. The smallest absolute Gasteiger partial charge is 0.366 e. The maximum atomic E-state index is 12.6. The number of nitrogens with one attached hydrogen (secondary N) is 2. The van der Waals surface area contributed by atoms with Gasteiger partial charge >= 0.3 is 6.18 Å². The van der Waals surface area contributed by atoms with Crippen LogP contribution in [-0.4, -0.2) is 9.97 Å². The second-order valence-electron chi connectivity index (χ2n) is 3.94. The average molecular weight is 283 g/mol. The summed E-state index contributed by atoms with van der Waals surface area (Å²) in [5, 5.41) is 2.80. The van der Waals surface area contributed by atoms with Gasteiger partial charge in [-0.05, 0) is 5.56 Å². The van der Waals surface area contributed by atoms with Gasteiger partial charge in [-0.1, -0.05) is 30.3 Å². The van der Waals surface area contributed by atoms with Crippen LogP contribution in [0.3, 0.4) is 0 Å². The number of aromatic nitrogens is 2. The lowest BCUT2D eigenvalue weighted by Gasteiger charge is -2.11. The molecule has 0 saturated carbocycles. The number of alkyl halides is 3. The highest BCUT2D eigenvalue weighted by atomic mass is 19.4. The van der Waals surface area contributed by atoms with Gasteiger partial charge in [0.25, 0.3) is 0 Å². The van der Waals surface area contributed by atoms with E-state index in [9.17, 15) is 13.2 Å². The molecule has 0 saturated heterocycles. The zero-order valence-corrected chi connectivity index (χ0v) is 10.3. The first-order chi connectivity index (χ1) is 9.49. The van der Waals surface area contributed by atoms with Crippen molar-refractivity contribution in [3.05, 3.63) is 47.8 Å². The summed E-state index contributed by atoms with van der Waals surface area (Å²) < 4.78 is 37.9. The average Bonchev–Trinajstić information content (AvgIpc) is 2.45. The third-order valence-corrected chi connectivity index (χ3v) is 2.44. The molecule has 0 aliphatic heterocycles. The Morgan fingerprint density at radius 2 is 1.70 bits per heavy atom. The van der Waals surface area contributed by atoms with Crippen LogP contribution < -0.4 is 16.6 Å². The first-order valence-electron chi connectivity index (χ1n) is 5.70. The zero-order chi connectivity index (χ0) is 14.6. The molecular weight excluding hydrogens is 271 g/mol. The molecule has 0 bridgehead atoms. The lowest BCUT2D eigenvalue weighted by molar-refractivity contribution is -0.144. The van der Waals surface area contributed by atoms with Gasteiger partial charge in [0.2, 0.25) is 5.82 Å². The topological polar surface area (TPSA) is 75.9 Å². The Labute approximate surface area is 113 Å². The molecular formula is C12H12F3N5. The lowest BCUT2D eigenvalue weighted by Crippen LogP contribution is -2.17. The molecule has 0 amide bonds. The van der Waals surface area contributed by atoms with Crippen molar-refractivity contribution in [3.8, 4) is 0 Å². The van der Waals surface area contributed by atoms with Crippen molar-refractivity contribution in [2.45, 2.75) is 12.7 Å². The molecule has 2 aromatic rings. The molecule has 0 unspecified atom stereocenters. The Kier molecular flexibility index (Phi) is 4.04. The summed E-state index contributed by atoms with van der Waals surface area (Å²) in [4.78, 5) is 6.69. The number of rotatable bonds is 4. The number of hydrogen-bond donors (Lipinski definition) is 3. The molecule has 0 radical (unpaired) electrons. The normalized spacial score (nSPS) is 11.2. The van der Waals surface area contributed by atoms with Crippen molar-refractivity contribution >= 4 is 11.6 Å². The van der Waals surface area contributed by atoms with Gasteiger partial charge in [0.15, 0.2) is 0 Å². The van der Waals surface area contributed by atoms with Gasteiger partial charge < -0.3 is 10.7 Å². The largest absolute Gasteiger partial charge is 0.451 e. The first-order valence-corrected chi connectivity index (χ1v) is 5.70. The zero-order valence-electron chi connectivity index (χ0n) is 10.3. The molecule has 0 spiro atoms. The number of anilines is 2. The SMILES string of the molecule is NNc1cc(NCc2ccccc2)nc(C(F)(F)F)n1. The van der Waals surface area contributed by atoms with Crippen LogP contribution in [0.25, 0.3) is 0 Å². The molecule has 1 aromatic heterocycles. The highest BCUT2D eigenvalue weighted by Gasteiger charge is 2.35. The maximum absolute atomic E-state index is 12.6. The van der Waals surface area contributed by atoms with Crippen LogP contribution in [-0.2, 0) is 12.7 Å². The molecule has 106 valence electrons. The fourth-order valence-corrected chi connectivity index (χ4v) is 1.53. The molecule has 0 atom stereocenters. The third kappa shape index (κ3) is 3.58. The fraction of sp³-hybridized carbons (Fsp3) is 0.167. The molecule has 20 heavy (non-hydrogen) atoms. The van der Waals surface area contributed by atoms with E-state index in [0.29, 0.717) is 6.54 Å². The van der Waals surface area contributed by atoms with E-state index < -0.39 is 12.0 Å². The minimum absolute atomic E-state index is 0.0455. The van der Waals surface area contributed by atoms with E-state index in [1.54, 1.807) is 0 Å². The highest BCUT2D eigenvalue weighted by molar-refractivity contribution is 5.47. The van der Waals surface area contributed by atoms with E-state index in [1.807, 2.05) is 30.3 Å². The summed E-state index contributed by atoms with van der Waals surface area (Å²) in [5.74, 6) is 3.79. The molecule has 0 aliphatic carbocycles. The van der Waals surface area contributed by atoms with Crippen LogP contribution in [0.5, 0.6) is 0 Å². The third-order valence-electron chi connectivity index (χ3n) is 2.44.